The lowest BCUT2D eigenvalue weighted by Crippen LogP contribution is -2.38. The summed E-state index contributed by atoms with van der Waals surface area (Å²) in [5, 5.41) is 13.7. The maximum atomic E-state index is 13.4. The van der Waals surface area contributed by atoms with Crippen molar-refractivity contribution in [3.8, 4) is 5.75 Å². The molecule has 1 amide bonds. The normalized spacial score (nSPS) is 11.0. The number of methoxy groups -OCH3 is 1. The minimum Gasteiger partial charge on any atom is -0.495 e. The molecule has 0 radical (unpaired) electrons. The van der Waals surface area contributed by atoms with Crippen LogP contribution in [0.15, 0.2) is 71.6 Å². The summed E-state index contributed by atoms with van der Waals surface area (Å²) < 4.78 is 33.0. The lowest BCUT2D eigenvalue weighted by Gasteiger charge is -2.24. The Morgan fingerprint density at radius 2 is 1.82 bits per heavy atom. The second-order valence-electron chi connectivity index (χ2n) is 6.97. The van der Waals surface area contributed by atoms with Crippen molar-refractivity contribution in [3.63, 3.8) is 0 Å². The smallest absolute Gasteiger partial charge is 0.289 e. The van der Waals surface area contributed by atoms with Crippen LogP contribution in [0.5, 0.6) is 5.75 Å². The highest BCUT2D eigenvalue weighted by Crippen LogP contribution is 2.31. The molecule has 0 saturated heterocycles. The predicted octanol–water partition coefficient (Wildman–Crippen LogP) is 4.40. The van der Waals surface area contributed by atoms with Crippen LogP contribution in [0, 0.1) is 17.0 Å². The summed E-state index contributed by atoms with van der Waals surface area (Å²) in [6.07, 6.45) is 0. The molecule has 0 saturated carbocycles. The second-order valence-corrected chi connectivity index (χ2v) is 9.24. The number of hydrogen-bond donors (Lipinski definition) is 1. The van der Waals surface area contributed by atoms with Crippen LogP contribution in [0.2, 0.25) is 5.02 Å². The average molecular weight is 490 g/mol. The van der Waals surface area contributed by atoms with Gasteiger partial charge in [-0.15, -0.1) is 0 Å². The maximum absolute atomic E-state index is 13.4. The van der Waals surface area contributed by atoms with Crippen LogP contribution in [-0.4, -0.2) is 32.9 Å². The van der Waals surface area contributed by atoms with Crippen LogP contribution in [0.25, 0.3) is 0 Å². The molecule has 0 heterocycles. The van der Waals surface area contributed by atoms with E-state index in [1.54, 1.807) is 30.3 Å². The van der Waals surface area contributed by atoms with Crippen molar-refractivity contribution in [3.05, 3.63) is 87.4 Å². The Kier molecular flexibility index (Phi) is 7.19. The van der Waals surface area contributed by atoms with Crippen molar-refractivity contribution in [2.75, 3.05) is 23.3 Å². The molecule has 9 nitrogen and oxygen atoms in total. The summed E-state index contributed by atoms with van der Waals surface area (Å²) in [4.78, 5) is 23.0. The summed E-state index contributed by atoms with van der Waals surface area (Å²) in [5.74, 6) is -0.216. The van der Waals surface area contributed by atoms with E-state index in [-0.39, 0.29) is 15.6 Å². The quantitative estimate of drug-likeness (QED) is 0.370. The van der Waals surface area contributed by atoms with Crippen molar-refractivity contribution in [1.29, 1.82) is 0 Å². The Hall–Kier alpha value is -3.63. The molecule has 3 aromatic rings. The summed E-state index contributed by atoms with van der Waals surface area (Å²) in [5.41, 5.74) is 0.906. The molecule has 0 spiro atoms. The summed E-state index contributed by atoms with van der Waals surface area (Å²) in [7, 11) is -2.91. The molecule has 0 aliphatic rings. The fraction of sp³-hybridized carbons (Fsp3) is 0.136. The molecule has 3 rings (SSSR count). The molecule has 33 heavy (non-hydrogen) atoms. The molecular weight excluding hydrogens is 470 g/mol. The highest BCUT2D eigenvalue weighted by molar-refractivity contribution is 7.92. The predicted molar refractivity (Wildman–Crippen MR) is 125 cm³/mol. The average Bonchev–Trinajstić information content (AvgIpc) is 2.78. The van der Waals surface area contributed by atoms with E-state index in [2.05, 4.69) is 5.32 Å². The highest BCUT2D eigenvalue weighted by atomic mass is 35.5. The number of rotatable bonds is 8. The minimum absolute atomic E-state index is 0.200. The van der Waals surface area contributed by atoms with Gasteiger partial charge in [0.2, 0.25) is 5.91 Å². The van der Waals surface area contributed by atoms with Gasteiger partial charge in [0.25, 0.3) is 15.7 Å². The van der Waals surface area contributed by atoms with E-state index in [0.29, 0.717) is 11.4 Å². The molecule has 0 aliphatic heterocycles. The zero-order valence-electron chi connectivity index (χ0n) is 17.7. The molecule has 11 heteroatoms. The Morgan fingerprint density at radius 3 is 2.45 bits per heavy atom. The maximum Gasteiger partial charge on any atom is 0.289 e. The topological polar surface area (TPSA) is 119 Å². The van der Waals surface area contributed by atoms with E-state index in [0.717, 1.165) is 28.1 Å². The number of para-hydroxylation sites is 1. The van der Waals surface area contributed by atoms with Gasteiger partial charge >= 0.3 is 0 Å². The molecule has 0 fully saturated rings. The zero-order valence-corrected chi connectivity index (χ0v) is 19.3. The Bertz CT molecular complexity index is 1300. The number of carbonyl (C=O) groups excluding carboxylic acids is 1. The number of hydrogen-bond acceptors (Lipinski definition) is 6. The lowest BCUT2D eigenvalue weighted by atomic mass is 10.2. The van der Waals surface area contributed by atoms with Crippen molar-refractivity contribution in [2.24, 2.45) is 0 Å². The van der Waals surface area contributed by atoms with Gasteiger partial charge < -0.3 is 10.1 Å². The molecular formula is C22H20ClN3O6S. The Labute approximate surface area is 195 Å². The van der Waals surface area contributed by atoms with Crippen LogP contribution in [0.4, 0.5) is 17.1 Å². The second kappa shape index (κ2) is 9.88. The van der Waals surface area contributed by atoms with E-state index >= 15 is 0 Å². The molecule has 172 valence electrons. The van der Waals surface area contributed by atoms with Gasteiger partial charge in [-0.3, -0.25) is 19.2 Å². The third-order valence-corrected chi connectivity index (χ3v) is 6.75. The van der Waals surface area contributed by atoms with Crippen molar-refractivity contribution in [2.45, 2.75) is 11.8 Å². The highest BCUT2D eigenvalue weighted by Gasteiger charge is 2.29. The number of ether oxygens (including phenoxy) is 1. The van der Waals surface area contributed by atoms with Gasteiger partial charge in [-0.2, -0.15) is 0 Å². The first-order valence-corrected chi connectivity index (χ1v) is 11.4. The van der Waals surface area contributed by atoms with Crippen molar-refractivity contribution < 1.29 is 22.9 Å². The van der Waals surface area contributed by atoms with Gasteiger partial charge in [-0.05, 0) is 48.9 Å². The molecule has 0 atom stereocenters. The van der Waals surface area contributed by atoms with Crippen LogP contribution in [0.3, 0.4) is 0 Å². The SMILES string of the molecule is COc1ccc(C)cc1NC(=O)CN(c1ccccc1)S(=O)(=O)c1ccc(Cl)c([N+](=O)[O-])c1. The largest absolute Gasteiger partial charge is 0.495 e. The first kappa shape index (κ1) is 24.0. The number of nitrogens with one attached hydrogen (secondary N) is 1. The molecule has 0 unspecified atom stereocenters. The lowest BCUT2D eigenvalue weighted by molar-refractivity contribution is -0.384. The van der Waals surface area contributed by atoms with E-state index in [1.807, 2.05) is 13.0 Å². The molecule has 3 aromatic carbocycles. The number of amides is 1. The van der Waals surface area contributed by atoms with Gasteiger partial charge in [-0.1, -0.05) is 35.9 Å². The van der Waals surface area contributed by atoms with Crippen molar-refractivity contribution in [1.82, 2.24) is 0 Å². The first-order chi connectivity index (χ1) is 15.6. The molecule has 0 aliphatic carbocycles. The number of sulfonamides is 1. The van der Waals surface area contributed by atoms with E-state index in [1.165, 1.54) is 19.2 Å². The number of anilines is 2. The fourth-order valence-electron chi connectivity index (χ4n) is 3.07. The van der Waals surface area contributed by atoms with Crippen LogP contribution >= 0.6 is 11.6 Å². The number of benzene rings is 3. The Balaban J connectivity index is 2.00. The van der Waals surface area contributed by atoms with Gasteiger partial charge in [-0.25, -0.2) is 8.42 Å². The van der Waals surface area contributed by atoms with Gasteiger partial charge in [0.05, 0.1) is 28.3 Å². The zero-order chi connectivity index (χ0) is 24.2. The van der Waals surface area contributed by atoms with Gasteiger partial charge in [0.1, 0.15) is 17.3 Å². The number of carbonyl (C=O) groups is 1. The Morgan fingerprint density at radius 1 is 1.12 bits per heavy atom. The fourth-order valence-corrected chi connectivity index (χ4v) is 4.70. The number of nitrogens with zero attached hydrogens (tertiary/aromatic N) is 2. The monoisotopic (exact) mass is 489 g/mol. The number of halogens is 1. The van der Waals surface area contributed by atoms with Crippen LogP contribution in [-0.2, 0) is 14.8 Å². The number of aryl methyl sites for hydroxylation is 1. The molecule has 1 N–H and O–H groups in total. The van der Waals surface area contributed by atoms with E-state index in [9.17, 15) is 23.3 Å². The minimum atomic E-state index is -4.36. The van der Waals surface area contributed by atoms with Gasteiger partial charge in [0.15, 0.2) is 0 Å². The first-order valence-electron chi connectivity index (χ1n) is 9.59. The number of nitro groups is 1. The van der Waals surface area contributed by atoms with E-state index in [4.69, 9.17) is 16.3 Å². The van der Waals surface area contributed by atoms with Crippen LogP contribution < -0.4 is 14.4 Å². The third-order valence-electron chi connectivity index (χ3n) is 4.66. The third kappa shape index (κ3) is 5.41. The summed E-state index contributed by atoms with van der Waals surface area (Å²) >= 11 is 5.83. The summed E-state index contributed by atoms with van der Waals surface area (Å²) in [6, 6.07) is 16.3. The molecule has 0 bridgehead atoms. The van der Waals surface area contributed by atoms with Gasteiger partial charge in [0, 0.05) is 6.07 Å². The number of nitro benzene ring substituents is 1. The summed E-state index contributed by atoms with van der Waals surface area (Å²) in [6.45, 7) is 1.25. The standard InChI is InChI=1S/C22H20ClN3O6S/c1-15-8-11-21(32-2)19(12-15)24-22(27)14-25(16-6-4-3-5-7-16)33(30,31)17-9-10-18(23)20(13-17)26(28)29/h3-13H,14H2,1-2H3,(H,24,27). The van der Waals surface area contributed by atoms with E-state index < -0.39 is 33.1 Å². The van der Waals surface area contributed by atoms with Crippen molar-refractivity contribution >= 4 is 44.6 Å². The van der Waals surface area contributed by atoms with Crippen LogP contribution in [0.1, 0.15) is 5.56 Å². The molecule has 0 aromatic heterocycles.